The first-order valence-corrected chi connectivity index (χ1v) is 12.2. The molecule has 2 amide bonds. The Balaban J connectivity index is 1.20. The van der Waals surface area contributed by atoms with E-state index in [-0.39, 0.29) is 54.3 Å². The maximum atomic E-state index is 13.1. The van der Waals surface area contributed by atoms with Gasteiger partial charge < -0.3 is 18.9 Å². The summed E-state index contributed by atoms with van der Waals surface area (Å²) < 4.78 is 50.6. The number of nitrogens with zero attached hydrogens (tertiary/aromatic N) is 7. The second kappa shape index (κ2) is 10.6. The first-order chi connectivity index (χ1) is 18.5. The van der Waals surface area contributed by atoms with Gasteiger partial charge in [0.25, 0.3) is 0 Å². The summed E-state index contributed by atoms with van der Waals surface area (Å²) in [5.74, 6) is 0.546. The zero-order valence-corrected chi connectivity index (χ0v) is 21.2. The normalized spacial score (nSPS) is 20.4. The summed E-state index contributed by atoms with van der Waals surface area (Å²) >= 11 is 0. The van der Waals surface area contributed by atoms with E-state index in [0.717, 1.165) is 0 Å². The van der Waals surface area contributed by atoms with E-state index < -0.39 is 12.5 Å². The Morgan fingerprint density at radius 1 is 1.15 bits per heavy atom. The van der Waals surface area contributed by atoms with E-state index in [1.807, 2.05) is 4.90 Å². The number of amides is 2. The third kappa shape index (κ3) is 6.85. The molecule has 3 heterocycles. The van der Waals surface area contributed by atoms with Crippen LogP contribution in [0.3, 0.4) is 0 Å². The summed E-state index contributed by atoms with van der Waals surface area (Å²) in [6, 6.07) is 5.51. The van der Waals surface area contributed by atoms with Crippen molar-refractivity contribution in [1.82, 2.24) is 34.1 Å². The molecule has 15 heteroatoms. The number of aromatic nitrogens is 5. The van der Waals surface area contributed by atoms with E-state index in [2.05, 4.69) is 25.1 Å². The lowest BCUT2D eigenvalue weighted by atomic mass is 10.2. The molecule has 1 saturated heterocycles. The van der Waals surface area contributed by atoms with Crippen molar-refractivity contribution in [2.75, 3.05) is 31.5 Å². The van der Waals surface area contributed by atoms with Crippen molar-refractivity contribution in [3.63, 3.8) is 0 Å². The molecule has 2 unspecified atom stereocenters. The van der Waals surface area contributed by atoms with Gasteiger partial charge in [-0.25, -0.2) is 14.8 Å². The second-order valence-corrected chi connectivity index (χ2v) is 9.80. The molecular formula is C24H27F3N8O4. The maximum absolute atomic E-state index is 13.1. The minimum absolute atomic E-state index is 0.0276. The molecule has 2 aromatic heterocycles. The number of anilines is 1. The highest BCUT2D eigenvalue weighted by molar-refractivity contribution is 5.90. The number of rotatable bonds is 9. The van der Waals surface area contributed by atoms with Crippen LogP contribution in [0.2, 0.25) is 0 Å². The third-order valence-corrected chi connectivity index (χ3v) is 6.73. The van der Waals surface area contributed by atoms with Crippen molar-refractivity contribution in [2.45, 2.75) is 12.9 Å². The van der Waals surface area contributed by atoms with Crippen molar-refractivity contribution in [1.29, 1.82) is 0 Å². The van der Waals surface area contributed by atoms with E-state index >= 15 is 0 Å². The van der Waals surface area contributed by atoms with Crippen LogP contribution in [0.25, 0.3) is 0 Å². The van der Waals surface area contributed by atoms with E-state index in [1.54, 1.807) is 30.9 Å². The van der Waals surface area contributed by atoms with Crippen LogP contribution in [0.1, 0.15) is 5.56 Å². The molecule has 5 rings (SSSR count). The molecule has 1 N–H and O–H groups in total. The van der Waals surface area contributed by atoms with Gasteiger partial charge in [-0.15, -0.1) is 18.3 Å². The Morgan fingerprint density at radius 2 is 1.92 bits per heavy atom. The average Bonchev–Trinajstić information content (AvgIpc) is 3.25. The van der Waals surface area contributed by atoms with Gasteiger partial charge in [-0.2, -0.15) is 0 Å². The average molecular weight is 549 g/mol. The molecule has 2 fully saturated rings. The minimum atomic E-state index is -4.82. The molecule has 12 nitrogen and oxygen atoms in total. The van der Waals surface area contributed by atoms with Gasteiger partial charge in [-0.1, -0.05) is 12.1 Å². The number of hydrogen-bond acceptors (Lipinski definition) is 8. The van der Waals surface area contributed by atoms with Crippen LogP contribution in [0.15, 0.2) is 43.1 Å². The van der Waals surface area contributed by atoms with Gasteiger partial charge in [0.15, 0.2) is 0 Å². The van der Waals surface area contributed by atoms with Gasteiger partial charge in [0.1, 0.15) is 12.1 Å². The monoisotopic (exact) mass is 548 g/mol. The highest BCUT2D eigenvalue weighted by atomic mass is 19.4. The lowest BCUT2D eigenvalue weighted by molar-refractivity contribution is -0.274. The van der Waals surface area contributed by atoms with Crippen LogP contribution >= 0.6 is 0 Å². The summed E-state index contributed by atoms with van der Waals surface area (Å²) in [4.78, 5) is 36.9. The van der Waals surface area contributed by atoms with Crippen molar-refractivity contribution < 1.29 is 32.2 Å². The number of imidazole rings is 1. The Kier molecular flexibility index (Phi) is 7.16. The fourth-order valence-electron chi connectivity index (χ4n) is 5.02. The van der Waals surface area contributed by atoms with Gasteiger partial charge in [-0.05, 0) is 35.4 Å². The van der Waals surface area contributed by atoms with Crippen LogP contribution in [0.5, 0.6) is 11.6 Å². The number of alkyl halides is 3. The molecule has 2 atom stereocenters. The van der Waals surface area contributed by atoms with Crippen molar-refractivity contribution in [2.24, 2.45) is 31.8 Å². The zero-order valence-electron chi connectivity index (χ0n) is 21.2. The summed E-state index contributed by atoms with van der Waals surface area (Å²) in [6.45, 7) is 1.96. The molecule has 0 radical (unpaired) electrons. The summed E-state index contributed by atoms with van der Waals surface area (Å²) in [5, 5.41) is 6.70. The summed E-state index contributed by atoms with van der Waals surface area (Å²) in [6.07, 6.45) is -0.943. The number of benzene rings is 1. The molecule has 208 valence electrons. The number of carbonyl (C=O) groups is 2. The van der Waals surface area contributed by atoms with Gasteiger partial charge in [0, 0.05) is 40.3 Å². The molecule has 1 saturated carbocycles. The lowest BCUT2D eigenvalue weighted by Gasteiger charge is -2.24. The van der Waals surface area contributed by atoms with Crippen molar-refractivity contribution >= 4 is 17.9 Å². The van der Waals surface area contributed by atoms with Gasteiger partial charge in [0.05, 0.1) is 19.1 Å². The first kappa shape index (κ1) is 26.5. The number of halogens is 3. The number of ether oxygens (including phenoxy) is 2. The van der Waals surface area contributed by atoms with Crippen molar-refractivity contribution in [3.8, 4) is 11.6 Å². The fourth-order valence-corrected chi connectivity index (χ4v) is 5.02. The molecule has 1 aliphatic heterocycles. The molecule has 2 aliphatic rings. The quantitative estimate of drug-likeness (QED) is 0.433. The molecular weight excluding hydrogens is 521 g/mol. The Hall–Kier alpha value is -4.14. The van der Waals surface area contributed by atoms with Gasteiger partial charge in [-0.3, -0.25) is 19.7 Å². The summed E-state index contributed by atoms with van der Waals surface area (Å²) in [5.41, 5.74) is 0.460. The number of nitrogens with one attached hydrogen (secondary N) is 1. The molecule has 1 aromatic carbocycles. The SMILES string of the molecule is Cn1cnc(OC(=O)N(Cc2cccc(OC(F)(F)F)c2)CC2C3CN(CC(=O)Nc4ncn(C)n4)CC32)c1. The Morgan fingerprint density at radius 3 is 2.56 bits per heavy atom. The van der Waals surface area contributed by atoms with Crippen LogP contribution in [0.4, 0.5) is 23.9 Å². The van der Waals surface area contributed by atoms with E-state index in [0.29, 0.717) is 25.2 Å². The number of carbonyl (C=O) groups excluding carboxylic acids is 2. The van der Waals surface area contributed by atoms with Crippen LogP contribution in [-0.2, 0) is 25.4 Å². The minimum Gasteiger partial charge on any atom is -0.406 e. The van der Waals surface area contributed by atoms with E-state index in [9.17, 15) is 22.8 Å². The van der Waals surface area contributed by atoms with E-state index in [4.69, 9.17) is 4.74 Å². The number of likely N-dealkylation sites (tertiary alicyclic amines) is 1. The predicted molar refractivity (Wildman–Crippen MR) is 129 cm³/mol. The molecule has 1 aliphatic carbocycles. The highest BCUT2D eigenvalue weighted by Gasteiger charge is 2.56. The number of fused-ring (bicyclic) bond motifs is 1. The number of piperidine rings is 1. The molecule has 3 aromatic rings. The molecule has 0 bridgehead atoms. The largest absolute Gasteiger partial charge is 0.573 e. The maximum Gasteiger partial charge on any atom is 0.573 e. The van der Waals surface area contributed by atoms with Gasteiger partial charge in [0.2, 0.25) is 17.7 Å². The fraction of sp³-hybridized carbons (Fsp3) is 0.458. The van der Waals surface area contributed by atoms with Crippen LogP contribution in [0, 0.1) is 17.8 Å². The standard InChI is InChI=1S/C24H27F3N8O4/c1-32-12-21(28-13-32)38-23(37)35(7-15-4-3-5-16(6-15)39-24(25,26)27)10-19-17-8-34(9-18(17)19)11-20(36)30-22-29-14-33(2)31-22/h3-6,12-14,17-19H,7-11H2,1-2H3,(H,30,31,36). The Labute approximate surface area is 221 Å². The molecule has 0 spiro atoms. The first-order valence-electron chi connectivity index (χ1n) is 12.2. The van der Waals surface area contributed by atoms with E-state index in [1.165, 1.54) is 40.4 Å². The third-order valence-electron chi connectivity index (χ3n) is 6.73. The lowest BCUT2D eigenvalue weighted by Crippen LogP contribution is -2.38. The van der Waals surface area contributed by atoms with Crippen LogP contribution in [-0.4, -0.2) is 78.7 Å². The smallest absolute Gasteiger partial charge is 0.406 e. The van der Waals surface area contributed by atoms with Crippen molar-refractivity contribution in [3.05, 3.63) is 48.7 Å². The predicted octanol–water partition coefficient (Wildman–Crippen LogP) is 2.26. The number of aryl methyl sites for hydroxylation is 2. The number of hydrogen-bond donors (Lipinski definition) is 1. The second-order valence-electron chi connectivity index (χ2n) is 9.80. The Bertz CT molecular complexity index is 1330. The van der Waals surface area contributed by atoms with Crippen LogP contribution < -0.4 is 14.8 Å². The topological polar surface area (TPSA) is 120 Å². The zero-order chi connectivity index (χ0) is 27.7. The van der Waals surface area contributed by atoms with Gasteiger partial charge >= 0.3 is 12.5 Å². The highest BCUT2D eigenvalue weighted by Crippen LogP contribution is 2.52. The molecule has 39 heavy (non-hydrogen) atoms. The summed E-state index contributed by atoms with van der Waals surface area (Å²) in [7, 11) is 3.44.